The van der Waals surface area contributed by atoms with E-state index >= 15 is 0 Å². The first-order chi connectivity index (χ1) is 9.20. The minimum Gasteiger partial charge on any atom is -0.374 e. The number of hydrogen-bond acceptors (Lipinski definition) is 3. The lowest BCUT2D eigenvalue weighted by molar-refractivity contribution is -0.0400. The van der Waals surface area contributed by atoms with E-state index in [1.165, 1.54) is 6.42 Å². The molecule has 1 aliphatic rings. The maximum absolute atomic E-state index is 6.30. The molecule has 1 fully saturated rings. The molecule has 2 rings (SSSR count). The molecule has 2 unspecified atom stereocenters. The van der Waals surface area contributed by atoms with Crippen LogP contribution in [0.15, 0.2) is 24.3 Å². The monoisotopic (exact) mass is 282 g/mol. The van der Waals surface area contributed by atoms with Crippen molar-refractivity contribution in [1.29, 1.82) is 0 Å². The number of hydrogen-bond donors (Lipinski definition) is 1. The maximum Gasteiger partial charge on any atom is 0.0856 e. The van der Waals surface area contributed by atoms with Gasteiger partial charge in [0.1, 0.15) is 0 Å². The third-order valence-electron chi connectivity index (χ3n) is 3.61. The van der Waals surface area contributed by atoms with Crippen LogP contribution in [0.4, 0.5) is 0 Å². The molecule has 0 aliphatic carbocycles. The van der Waals surface area contributed by atoms with E-state index in [0.29, 0.717) is 0 Å². The molecule has 4 heteroatoms. The standard InChI is InChI=1S/C15H23ClN2O/c1-2-7-18-8-9-19-15(11-18)14(17)10-12-5-3-4-6-13(12)16/h3-6,14-15H,2,7-11,17H2,1H3. The first-order valence-corrected chi connectivity index (χ1v) is 7.41. The molecular weight excluding hydrogens is 260 g/mol. The third kappa shape index (κ3) is 4.18. The number of rotatable bonds is 5. The van der Waals surface area contributed by atoms with Gasteiger partial charge in [-0.25, -0.2) is 0 Å². The summed E-state index contributed by atoms with van der Waals surface area (Å²) in [5, 5.41) is 0.791. The molecule has 19 heavy (non-hydrogen) atoms. The van der Waals surface area contributed by atoms with E-state index in [9.17, 15) is 0 Å². The normalized spacial score (nSPS) is 22.4. The second kappa shape index (κ2) is 7.25. The summed E-state index contributed by atoms with van der Waals surface area (Å²) in [6.45, 7) is 6.05. The number of nitrogens with two attached hydrogens (primary N) is 1. The largest absolute Gasteiger partial charge is 0.374 e. The highest BCUT2D eigenvalue weighted by Crippen LogP contribution is 2.19. The highest BCUT2D eigenvalue weighted by atomic mass is 35.5. The van der Waals surface area contributed by atoms with Crippen molar-refractivity contribution in [3.63, 3.8) is 0 Å². The van der Waals surface area contributed by atoms with Crippen molar-refractivity contribution >= 4 is 11.6 Å². The molecule has 0 amide bonds. The summed E-state index contributed by atoms with van der Waals surface area (Å²) in [5.74, 6) is 0. The Labute approximate surface area is 120 Å². The zero-order valence-electron chi connectivity index (χ0n) is 11.5. The molecule has 1 heterocycles. The predicted octanol–water partition coefficient (Wildman–Crippen LogP) is 2.32. The van der Waals surface area contributed by atoms with E-state index < -0.39 is 0 Å². The summed E-state index contributed by atoms with van der Waals surface area (Å²) in [6, 6.07) is 7.89. The Morgan fingerprint density at radius 2 is 2.26 bits per heavy atom. The van der Waals surface area contributed by atoms with Crippen molar-refractivity contribution in [2.24, 2.45) is 5.73 Å². The van der Waals surface area contributed by atoms with Crippen LogP contribution in [-0.4, -0.2) is 43.3 Å². The third-order valence-corrected chi connectivity index (χ3v) is 3.98. The molecule has 0 spiro atoms. The van der Waals surface area contributed by atoms with E-state index in [1.54, 1.807) is 0 Å². The maximum atomic E-state index is 6.30. The lowest BCUT2D eigenvalue weighted by Gasteiger charge is -2.35. The molecule has 0 radical (unpaired) electrons. The van der Waals surface area contributed by atoms with E-state index in [2.05, 4.69) is 11.8 Å². The van der Waals surface area contributed by atoms with Crippen molar-refractivity contribution < 1.29 is 4.74 Å². The van der Waals surface area contributed by atoms with Crippen molar-refractivity contribution in [2.75, 3.05) is 26.2 Å². The Morgan fingerprint density at radius 1 is 1.47 bits per heavy atom. The summed E-state index contributed by atoms with van der Waals surface area (Å²) in [4.78, 5) is 2.43. The molecular formula is C15H23ClN2O. The van der Waals surface area contributed by atoms with Crippen LogP contribution in [-0.2, 0) is 11.2 Å². The van der Waals surface area contributed by atoms with Crippen molar-refractivity contribution in [3.8, 4) is 0 Å². The molecule has 3 nitrogen and oxygen atoms in total. The van der Waals surface area contributed by atoms with Gasteiger partial charge in [-0.05, 0) is 31.0 Å². The van der Waals surface area contributed by atoms with E-state index in [0.717, 1.165) is 43.2 Å². The van der Waals surface area contributed by atoms with Gasteiger partial charge in [0.15, 0.2) is 0 Å². The average molecular weight is 283 g/mol. The zero-order chi connectivity index (χ0) is 13.7. The van der Waals surface area contributed by atoms with Gasteiger partial charge < -0.3 is 10.5 Å². The van der Waals surface area contributed by atoms with Gasteiger partial charge in [-0.1, -0.05) is 36.7 Å². The van der Waals surface area contributed by atoms with Gasteiger partial charge >= 0.3 is 0 Å². The number of ether oxygens (including phenoxy) is 1. The smallest absolute Gasteiger partial charge is 0.0856 e. The van der Waals surface area contributed by atoms with Crippen LogP contribution in [0.2, 0.25) is 5.02 Å². The molecule has 0 aromatic heterocycles. The van der Waals surface area contributed by atoms with Gasteiger partial charge in [0, 0.05) is 24.2 Å². The molecule has 0 saturated carbocycles. The summed E-state index contributed by atoms with van der Waals surface area (Å²) in [7, 11) is 0. The Balaban J connectivity index is 1.92. The van der Waals surface area contributed by atoms with Crippen LogP contribution in [0.5, 0.6) is 0 Å². The number of morpholine rings is 1. The van der Waals surface area contributed by atoms with Gasteiger partial charge in [0.25, 0.3) is 0 Å². The van der Waals surface area contributed by atoms with Crippen LogP contribution < -0.4 is 5.73 Å². The Kier molecular flexibility index (Phi) is 5.64. The fraction of sp³-hybridized carbons (Fsp3) is 0.600. The molecule has 1 aromatic rings. The van der Waals surface area contributed by atoms with Crippen molar-refractivity contribution in [2.45, 2.75) is 31.9 Å². The molecule has 106 valence electrons. The summed E-state index contributed by atoms with van der Waals surface area (Å²) in [6.07, 6.45) is 2.05. The van der Waals surface area contributed by atoms with E-state index in [1.807, 2.05) is 24.3 Å². The molecule has 1 saturated heterocycles. The van der Waals surface area contributed by atoms with Crippen LogP contribution >= 0.6 is 11.6 Å². The fourth-order valence-electron chi connectivity index (χ4n) is 2.56. The number of halogens is 1. The molecule has 2 N–H and O–H groups in total. The second-order valence-electron chi connectivity index (χ2n) is 5.17. The van der Waals surface area contributed by atoms with Crippen molar-refractivity contribution in [3.05, 3.63) is 34.9 Å². The van der Waals surface area contributed by atoms with Gasteiger partial charge in [-0.3, -0.25) is 4.90 Å². The average Bonchev–Trinajstić information content (AvgIpc) is 2.42. The highest BCUT2D eigenvalue weighted by molar-refractivity contribution is 6.31. The predicted molar refractivity (Wildman–Crippen MR) is 79.6 cm³/mol. The SMILES string of the molecule is CCCN1CCOC(C(N)Cc2ccccc2Cl)C1. The van der Waals surface area contributed by atoms with Gasteiger partial charge in [-0.15, -0.1) is 0 Å². The zero-order valence-corrected chi connectivity index (χ0v) is 12.3. The fourth-order valence-corrected chi connectivity index (χ4v) is 2.77. The lowest BCUT2D eigenvalue weighted by Crippen LogP contribution is -2.51. The molecule has 1 aliphatic heterocycles. The highest BCUT2D eigenvalue weighted by Gasteiger charge is 2.25. The number of benzene rings is 1. The lowest BCUT2D eigenvalue weighted by atomic mass is 10.0. The van der Waals surface area contributed by atoms with Gasteiger partial charge in [0.05, 0.1) is 12.7 Å². The second-order valence-corrected chi connectivity index (χ2v) is 5.58. The quantitative estimate of drug-likeness (QED) is 0.901. The minimum atomic E-state index is -0.000411. The summed E-state index contributed by atoms with van der Waals surface area (Å²) < 4.78 is 5.82. The molecule has 2 atom stereocenters. The van der Waals surface area contributed by atoms with Gasteiger partial charge in [-0.2, -0.15) is 0 Å². The Bertz CT molecular complexity index is 397. The van der Waals surface area contributed by atoms with Crippen LogP contribution in [0.3, 0.4) is 0 Å². The van der Waals surface area contributed by atoms with Gasteiger partial charge in [0.2, 0.25) is 0 Å². The van der Waals surface area contributed by atoms with E-state index in [4.69, 9.17) is 22.1 Å². The number of nitrogens with zero attached hydrogens (tertiary/aromatic N) is 1. The summed E-state index contributed by atoms with van der Waals surface area (Å²) in [5.41, 5.74) is 7.40. The van der Waals surface area contributed by atoms with E-state index in [-0.39, 0.29) is 12.1 Å². The first kappa shape index (κ1) is 14.8. The minimum absolute atomic E-state index is 0.000411. The molecule has 1 aromatic carbocycles. The van der Waals surface area contributed by atoms with Crippen LogP contribution in [0.1, 0.15) is 18.9 Å². The Morgan fingerprint density at radius 3 is 3.00 bits per heavy atom. The van der Waals surface area contributed by atoms with Crippen LogP contribution in [0.25, 0.3) is 0 Å². The topological polar surface area (TPSA) is 38.5 Å². The molecule has 0 bridgehead atoms. The van der Waals surface area contributed by atoms with Crippen LogP contribution in [0, 0.1) is 0 Å². The summed E-state index contributed by atoms with van der Waals surface area (Å²) >= 11 is 6.18. The van der Waals surface area contributed by atoms with Crippen molar-refractivity contribution in [1.82, 2.24) is 4.90 Å². The Hall–Kier alpha value is -0.610. The first-order valence-electron chi connectivity index (χ1n) is 7.03.